The summed E-state index contributed by atoms with van der Waals surface area (Å²) in [5.74, 6) is 0.180. The number of fused-ring (bicyclic) bond motifs is 2. The van der Waals surface area contributed by atoms with Crippen molar-refractivity contribution in [1.29, 1.82) is 0 Å². The minimum atomic E-state index is -0.326. The van der Waals surface area contributed by atoms with Crippen LogP contribution in [0.5, 0.6) is 0 Å². The molecule has 2 fully saturated rings. The molecule has 5 heteroatoms. The Morgan fingerprint density at radius 1 is 1.28 bits per heavy atom. The Hall–Kier alpha value is -1.43. The summed E-state index contributed by atoms with van der Waals surface area (Å²) in [6.07, 6.45) is 3.98. The molecule has 4 rings (SSSR count). The zero-order chi connectivity index (χ0) is 17.3. The van der Waals surface area contributed by atoms with Crippen LogP contribution in [0.4, 0.5) is 5.69 Å². The van der Waals surface area contributed by atoms with Gasteiger partial charge in [-0.2, -0.15) is 0 Å². The predicted octanol–water partition coefficient (Wildman–Crippen LogP) is 2.48. The zero-order valence-electron chi connectivity index (χ0n) is 15.1. The number of carbonyl (C=O) groups excluding carboxylic acids is 1. The van der Waals surface area contributed by atoms with Crippen molar-refractivity contribution < 1.29 is 14.3 Å². The Morgan fingerprint density at radius 3 is 2.80 bits per heavy atom. The molecule has 0 atom stereocenters. The molecule has 0 bridgehead atoms. The van der Waals surface area contributed by atoms with Crippen LogP contribution in [0, 0.1) is 6.92 Å². The monoisotopic (exact) mass is 344 g/mol. The zero-order valence-corrected chi connectivity index (χ0v) is 15.1. The Kier molecular flexibility index (Phi) is 4.80. The number of hydrogen-bond donors (Lipinski definition) is 1. The van der Waals surface area contributed by atoms with Crippen molar-refractivity contribution in [2.45, 2.75) is 44.1 Å². The van der Waals surface area contributed by atoms with Gasteiger partial charge < -0.3 is 14.8 Å². The van der Waals surface area contributed by atoms with Crippen molar-refractivity contribution in [2.24, 2.45) is 0 Å². The lowest BCUT2D eigenvalue weighted by molar-refractivity contribution is -0.123. The molecule has 1 amide bonds. The van der Waals surface area contributed by atoms with Gasteiger partial charge in [-0.3, -0.25) is 9.69 Å². The first kappa shape index (κ1) is 17.0. The lowest BCUT2D eigenvalue weighted by atomic mass is 9.69. The van der Waals surface area contributed by atoms with Crippen LogP contribution < -0.4 is 5.32 Å². The van der Waals surface area contributed by atoms with Crippen molar-refractivity contribution in [3.63, 3.8) is 0 Å². The molecular formula is C20H28N2O3. The summed E-state index contributed by atoms with van der Waals surface area (Å²) in [4.78, 5) is 15.1. The van der Waals surface area contributed by atoms with E-state index in [0.717, 1.165) is 70.8 Å². The first-order valence-corrected chi connectivity index (χ1v) is 9.52. The quantitative estimate of drug-likeness (QED) is 0.912. The molecule has 1 saturated heterocycles. The van der Waals surface area contributed by atoms with Crippen LogP contribution in [-0.4, -0.2) is 56.4 Å². The van der Waals surface area contributed by atoms with Gasteiger partial charge >= 0.3 is 0 Å². The van der Waals surface area contributed by atoms with Crippen LogP contribution >= 0.6 is 0 Å². The van der Waals surface area contributed by atoms with Crippen LogP contribution in [0.1, 0.15) is 36.8 Å². The van der Waals surface area contributed by atoms with E-state index >= 15 is 0 Å². The second kappa shape index (κ2) is 7.06. The molecule has 3 aliphatic rings. The Labute approximate surface area is 149 Å². The summed E-state index contributed by atoms with van der Waals surface area (Å²) < 4.78 is 11.5. The van der Waals surface area contributed by atoms with Gasteiger partial charge in [-0.15, -0.1) is 0 Å². The molecule has 1 spiro atoms. The third-order valence-electron chi connectivity index (χ3n) is 6.02. The van der Waals surface area contributed by atoms with Crippen molar-refractivity contribution in [1.82, 2.24) is 4.90 Å². The van der Waals surface area contributed by atoms with Crippen molar-refractivity contribution in [2.75, 3.05) is 44.8 Å². The number of benzene rings is 1. The first-order valence-electron chi connectivity index (χ1n) is 9.52. The lowest BCUT2D eigenvalue weighted by Gasteiger charge is -2.36. The summed E-state index contributed by atoms with van der Waals surface area (Å²) in [6.45, 7) is 7.50. The number of aryl methyl sites for hydroxylation is 1. The van der Waals surface area contributed by atoms with Gasteiger partial charge in [-0.1, -0.05) is 12.1 Å². The SMILES string of the molecule is Cc1ccc2c(c1)NC(=O)C21CCC(OCCN2CCOCC2)CC1. The van der Waals surface area contributed by atoms with Gasteiger partial charge in [0.15, 0.2) is 0 Å². The highest BCUT2D eigenvalue weighted by molar-refractivity contribution is 6.06. The third kappa shape index (κ3) is 3.33. The highest BCUT2D eigenvalue weighted by Crippen LogP contribution is 2.48. The van der Waals surface area contributed by atoms with E-state index in [9.17, 15) is 4.79 Å². The van der Waals surface area contributed by atoms with E-state index in [-0.39, 0.29) is 17.4 Å². The number of ether oxygens (including phenoxy) is 2. The van der Waals surface area contributed by atoms with Gasteiger partial charge in [0.25, 0.3) is 0 Å². The maximum atomic E-state index is 12.7. The average molecular weight is 344 g/mol. The fourth-order valence-electron chi connectivity index (χ4n) is 4.46. The van der Waals surface area contributed by atoms with Crippen molar-refractivity contribution >= 4 is 11.6 Å². The van der Waals surface area contributed by atoms with Crippen molar-refractivity contribution in [3.8, 4) is 0 Å². The molecule has 25 heavy (non-hydrogen) atoms. The third-order valence-corrected chi connectivity index (χ3v) is 6.02. The summed E-state index contributed by atoms with van der Waals surface area (Å²) in [5.41, 5.74) is 3.07. The molecule has 1 N–H and O–H groups in total. The topological polar surface area (TPSA) is 50.8 Å². The minimum Gasteiger partial charge on any atom is -0.379 e. The summed E-state index contributed by atoms with van der Waals surface area (Å²) in [5, 5.41) is 3.10. The second-order valence-electron chi connectivity index (χ2n) is 7.61. The standard InChI is InChI=1S/C20H28N2O3/c1-15-2-3-17-18(14-15)21-19(23)20(17)6-4-16(5-7-20)25-13-10-22-8-11-24-12-9-22/h2-3,14,16H,4-13H2,1H3,(H,21,23). The minimum absolute atomic E-state index is 0.180. The summed E-state index contributed by atoms with van der Waals surface area (Å²) in [7, 11) is 0. The summed E-state index contributed by atoms with van der Waals surface area (Å²) >= 11 is 0. The highest BCUT2D eigenvalue weighted by Gasteiger charge is 2.48. The normalized spacial score (nSPS) is 29.6. The summed E-state index contributed by atoms with van der Waals surface area (Å²) in [6, 6.07) is 6.35. The van der Waals surface area contributed by atoms with Gasteiger partial charge in [0.2, 0.25) is 5.91 Å². The van der Waals surface area contributed by atoms with E-state index in [0.29, 0.717) is 0 Å². The molecule has 0 radical (unpaired) electrons. The van der Waals surface area contributed by atoms with Gasteiger partial charge in [0.05, 0.1) is 31.3 Å². The van der Waals surface area contributed by atoms with Crippen LogP contribution in [0.25, 0.3) is 0 Å². The number of hydrogen-bond acceptors (Lipinski definition) is 4. The Balaban J connectivity index is 1.32. The highest BCUT2D eigenvalue weighted by atomic mass is 16.5. The van der Waals surface area contributed by atoms with E-state index < -0.39 is 0 Å². The Morgan fingerprint density at radius 2 is 2.04 bits per heavy atom. The number of amides is 1. The number of morpholine rings is 1. The molecule has 2 heterocycles. The van der Waals surface area contributed by atoms with Crippen LogP contribution in [-0.2, 0) is 19.7 Å². The molecule has 1 saturated carbocycles. The fourth-order valence-corrected chi connectivity index (χ4v) is 4.46. The first-order chi connectivity index (χ1) is 12.2. The molecule has 1 aromatic carbocycles. The molecule has 2 aliphatic heterocycles. The van der Waals surface area contributed by atoms with Gasteiger partial charge in [-0.05, 0) is 49.8 Å². The molecule has 136 valence electrons. The maximum Gasteiger partial charge on any atom is 0.235 e. The van der Waals surface area contributed by atoms with Crippen LogP contribution in [0.3, 0.4) is 0 Å². The van der Waals surface area contributed by atoms with Crippen LogP contribution in [0.2, 0.25) is 0 Å². The van der Waals surface area contributed by atoms with E-state index in [2.05, 4.69) is 35.3 Å². The number of carbonyl (C=O) groups is 1. The molecule has 0 unspecified atom stereocenters. The van der Waals surface area contributed by atoms with E-state index in [1.807, 2.05) is 0 Å². The molecule has 1 aromatic rings. The van der Waals surface area contributed by atoms with Gasteiger partial charge in [0.1, 0.15) is 0 Å². The molecule has 1 aliphatic carbocycles. The fraction of sp³-hybridized carbons (Fsp3) is 0.650. The number of rotatable bonds is 4. The van der Waals surface area contributed by atoms with Gasteiger partial charge in [-0.25, -0.2) is 0 Å². The Bertz CT molecular complexity index is 632. The smallest absolute Gasteiger partial charge is 0.235 e. The van der Waals surface area contributed by atoms with Gasteiger partial charge in [0, 0.05) is 25.3 Å². The van der Waals surface area contributed by atoms with E-state index in [4.69, 9.17) is 9.47 Å². The van der Waals surface area contributed by atoms with Crippen LogP contribution in [0.15, 0.2) is 18.2 Å². The predicted molar refractivity (Wildman–Crippen MR) is 97.0 cm³/mol. The maximum absolute atomic E-state index is 12.7. The average Bonchev–Trinajstić information content (AvgIpc) is 2.88. The largest absolute Gasteiger partial charge is 0.379 e. The number of anilines is 1. The number of nitrogens with zero attached hydrogens (tertiary/aromatic N) is 1. The molecule has 5 nitrogen and oxygen atoms in total. The molecule has 0 aromatic heterocycles. The second-order valence-corrected chi connectivity index (χ2v) is 7.61. The van der Waals surface area contributed by atoms with E-state index in [1.54, 1.807) is 0 Å². The number of nitrogens with one attached hydrogen (secondary N) is 1. The van der Waals surface area contributed by atoms with E-state index in [1.165, 1.54) is 11.1 Å². The van der Waals surface area contributed by atoms with Crippen molar-refractivity contribution in [3.05, 3.63) is 29.3 Å². The molecular weight excluding hydrogens is 316 g/mol. The lowest BCUT2D eigenvalue weighted by Crippen LogP contribution is -2.41.